The van der Waals surface area contributed by atoms with Crippen molar-refractivity contribution in [2.24, 2.45) is 0 Å². The van der Waals surface area contributed by atoms with E-state index in [1.807, 2.05) is 36.4 Å². The molecule has 7 heteroatoms. The molecule has 1 unspecified atom stereocenters. The molecule has 126 valence electrons. The summed E-state index contributed by atoms with van der Waals surface area (Å²) in [4.78, 5) is 22.5. The normalized spacial score (nSPS) is 11.7. The number of nitrogens with zero attached hydrogens (tertiary/aromatic N) is 1. The third-order valence-corrected chi connectivity index (χ3v) is 3.82. The molecule has 0 aliphatic rings. The van der Waals surface area contributed by atoms with Crippen molar-refractivity contribution in [1.82, 2.24) is 5.32 Å². The van der Waals surface area contributed by atoms with E-state index in [4.69, 9.17) is 16.0 Å². The lowest BCUT2D eigenvalue weighted by atomic mass is 9.98. The number of rotatable bonds is 5. The lowest BCUT2D eigenvalue weighted by Crippen LogP contribution is -2.29. The molecule has 1 aromatic heterocycles. The van der Waals surface area contributed by atoms with Crippen molar-refractivity contribution in [1.29, 1.82) is 0 Å². The second kappa shape index (κ2) is 7.19. The molecule has 25 heavy (non-hydrogen) atoms. The highest BCUT2D eigenvalue weighted by atomic mass is 35.5. The number of carbonyl (C=O) groups is 1. The highest BCUT2D eigenvalue weighted by Gasteiger charge is 2.22. The van der Waals surface area contributed by atoms with Gasteiger partial charge in [0.15, 0.2) is 5.76 Å². The number of nitrogens with one attached hydrogen (secondary N) is 1. The standard InChI is InChI=1S/C18H13ClN2O4/c19-14-8-4-7-13(11-14)17(12-5-2-1-3-6-12)20-18(22)15-9-10-16(25-15)21(23)24/h1-11,17H,(H,20,22). The zero-order valence-corrected chi connectivity index (χ0v) is 13.6. The Kier molecular flexibility index (Phi) is 4.81. The molecule has 1 heterocycles. The first kappa shape index (κ1) is 16.7. The smallest absolute Gasteiger partial charge is 0.395 e. The van der Waals surface area contributed by atoms with Crippen molar-refractivity contribution in [2.75, 3.05) is 0 Å². The van der Waals surface area contributed by atoms with Gasteiger partial charge in [-0.15, -0.1) is 0 Å². The molecule has 0 aliphatic heterocycles. The second-order valence-electron chi connectivity index (χ2n) is 5.27. The molecule has 6 nitrogen and oxygen atoms in total. The van der Waals surface area contributed by atoms with Crippen molar-refractivity contribution in [3.8, 4) is 0 Å². The number of carbonyl (C=O) groups excluding carboxylic acids is 1. The van der Waals surface area contributed by atoms with E-state index in [1.54, 1.807) is 18.2 Å². The number of hydrogen-bond donors (Lipinski definition) is 1. The molecule has 3 rings (SSSR count). The van der Waals surface area contributed by atoms with Gasteiger partial charge in [0.2, 0.25) is 0 Å². The van der Waals surface area contributed by atoms with Crippen LogP contribution in [-0.4, -0.2) is 10.8 Å². The molecule has 0 spiro atoms. The fourth-order valence-corrected chi connectivity index (χ4v) is 2.64. The summed E-state index contributed by atoms with van der Waals surface area (Å²) >= 11 is 6.06. The molecule has 0 radical (unpaired) electrons. The lowest BCUT2D eigenvalue weighted by Gasteiger charge is -2.19. The predicted octanol–water partition coefficient (Wildman–Crippen LogP) is 4.36. The number of hydrogen-bond acceptors (Lipinski definition) is 4. The van der Waals surface area contributed by atoms with E-state index in [1.165, 1.54) is 6.07 Å². The SMILES string of the molecule is O=C(NC(c1ccccc1)c1cccc(Cl)c1)c1ccc([N+](=O)[O-])o1. The Morgan fingerprint density at radius 1 is 1.04 bits per heavy atom. The average Bonchev–Trinajstić information content (AvgIpc) is 3.11. The van der Waals surface area contributed by atoms with Crippen LogP contribution in [0.4, 0.5) is 5.88 Å². The van der Waals surface area contributed by atoms with Crippen LogP contribution in [0.5, 0.6) is 0 Å². The number of furan rings is 1. The Morgan fingerprint density at radius 2 is 1.76 bits per heavy atom. The van der Waals surface area contributed by atoms with Gasteiger partial charge in [-0.3, -0.25) is 14.9 Å². The maximum atomic E-state index is 12.5. The van der Waals surface area contributed by atoms with Gasteiger partial charge < -0.3 is 9.73 Å². The van der Waals surface area contributed by atoms with Gasteiger partial charge in [-0.05, 0) is 29.3 Å². The zero-order valence-electron chi connectivity index (χ0n) is 12.9. The van der Waals surface area contributed by atoms with Crippen molar-refractivity contribution in [3.05, 3.63) is 98.8 Å². The van der Waals surface area contributed by atoms with E-state index in [0.717, 1.165) is 17.2 Å². The van der Waals surface area contributed by atoms with Crippen LogP contribution in [0.25, 0.3) is 0 Å². The average molecular weight is 357 g/mol. The molecular weight excluding hydrogens is 344 g/mol. The van der Waals surface area contributed by atoms with Gasteiger partial charge in [-0.1, -0.05) is 54.1 Å². The number of benzene rings is 2. The largest absolute Gasteiger partial charge is 0.433 e. The summed E-state index contributed by atoms with van der Waals surface area (Å²) in [5, 5.41) is 14.1. The van der Waals surface area contributed by atoms with Gasteiger partial charge >= 0.3 is 5.88 Å². The maximum absolute atomic E-state index is 12.5. The minimum absolute atomic E-state index is 0.130. The minimum Gasteiger partial charge on any atom is -0.395 e. The van der Waals surface area contributed by atoms with E-state index in [-0.39, 0.29) is 5.76 Å². The van der Waals surface area contributed by atoms with Crippen LogP contribution in [-0.2, 0) is 0 Å². The molecule has 1 amide bonds. The van der Waals surface area contributed by atoms with Crippen molar-refractivity contribution in [2.45, 2.75) is 6.04 Å². The molecular formula is C18H13ClN2O4. The Labute approximate surface area is 148 Å². The van der Waals surface area contributed by atoms with Crippen LogP contribution >= 0.6 is 11.6 Å². The van der Waals surface area contributed by atoms with Gasteiger partial charge in [0, 0.05) is 5.02 Å². The summed E-state index contributed by atoms with van der Waals surface area (Å²) in [7, 11) is 0. The third-order valence-electron chi connectivity index (χ3n) is 3.59. The molecule has 0 aliphatic carbocycles. The monoisotopic (exact) mass is 356 g/mol. The first-order chi connectivity index (χ1) is 12.0. The summed E-state index contributed by atoms with van der Waals surface area (Å²) in [5.74, 6) is -1.17. The summed E-state index contributed by atoms with van der Waals surface area (Å²) < 4.78 is 4.97. The van der Waals surface area contributed by atoms with E-state index < -0.39 is 22.8 Å². The lowest BCUT2D eigenvalue weighted by molar-refractivity contribution is -0.402. The van der Waals surface area contributed by atoms with Gasteiger partial charge in [0.25, 0.3) is 5.91 Å². The van der Waals surface area contributed by atoms with E-state index in [0.29, 0.717) is 5.02 Å². The van der Waals surface area contributed by atoms with Gasteiger partial charge in [-0.2, -0.15) is 0 Å². The summed E-state index contributed by atoms with van der Waals surface area (Å²) in [6, 6.07) is 18.4. The molecule has 2 aromatic carbocycles. The van der Waals surface area contributed by atoms with E-state index in [9.17, 15) is 14.9 Å². The van der Waals surface area contributed by atoms with Gasteiger partial charge in [-0.25, -0.2) is 0 Å². The van der Waals surface area contributed by atoms with Crippen molar-refractivity contribution < 1.29 is 14.1 Å². The minimum atomic E-state index is -0.692. The topological polar surface area (TPSA) is 85.4 Å². The number of halogens is 1. The Morgan fingerprint density at radius 3 is 2.40 bits per heavy atom. The summed E-state index contributed by atoms with van der Waals surface area (Å²) in [6.45, 7) is 0. The fourth-order valence-electron chi connectivity index (χ4n) is 2.44. The first-order valence-electron chi connectivity index (χ1n) is 7.40. The van der Waals surface area contributed by atoms with Crippen LogP contribution in [0.3, 0.4) is 0 Å². The molecule has 3 aromatic rings. The highest BCUT2D eigenvalue weighted by Crippen LogP contribution is 2.25. The fraction of sp³-hybridized carbons (Fsp3) is 0.0556. The van der Waals surface area contributed by atoms with Crippen LogP contribution in [0.1, 0.15) is 27.7 Å². The van der Waals surface area contributed by atoms with E-state index in [2.05, 4.69) is 5.32 Å². The number of amides is 1. The maximum Gasteiger partial charge on any atom is 0.433 e. The van der Waals surface area contributed by atoms with Crippen LogP contribution < -0.4 is 5.32 Å². The van der Waals surface area contributed by atoms with Crippen LogP contribution in [0.15, 0.2) is 71.1 Å². The first-order valence-corrected chi connectivity index (χ1v) is 7.78. The molecule has 0 saturated heterocycles. The molecule has 1 N–H and O–H groups in total. The molecule has 0 fully saturated rings. The van der Waals surface area contributed by atoms with Crippen molar-refractivity contribution >= 4 is 23.4 Å². The summed E-state index contributed by atoms with van der Waals surface area (Å²) in [5.41, 5.74) is 1.63. The third kappa shape index (κ3) is 3.87. The van der Waals surface area contributed by atoms with Gasteiger partial charge in [0.1, 0.15) is 4.92 Å². The highest BCUT2D eigenvalue weighted by molar-refractivity contribution is 6.30. The van der Waals surface area contributed by atoms with Crippen molar-refractivity contribution in [3.63, 3.8) is 0 Å². The Bertz CT molecular complexity index is 908. The van der Waals surface area contributed by atoms with Gasteiger partial charge in [0.05, 0.1) is 12.1 Å². The van der Waals surface area contributed by atoms with E-state index >= 15 is 0 Å². The second-order valence-corrected chi connectivity index (χ2v) is 5.70. The Hall–Kier alpha value is -3.12. The number of nitro groups is 1. The van der Waals surface area contributed by atoms with Crippen LogP contribution in [0, 0.1) is 10.1 Å². The Balaban J connectivity index is 1.92. The quantitative estimate of drug-likeness (QED) is 0.543. The van der Waals surface area contributed by atoms with Crippen LogP contribution in [0.2, 0.25) is 5.02 Å². The molecule has 0 bridgehead atoms. The predicted molar refractivity (Wildman–Crippen MR) is 92.6 cm³/mol. The molecule has 0 saturated carbocycles. The zero-order chi connectivity index (χ0) is 17.8. The summed E-state index contributed by atoms with van der Waals surface area (Å²) in [6.07, 6.45) is 0. The molecule has 1 atom stereocenters.